The lowest BCUT2D eigenvalue weighted by Crippen LogP contribution is -2.42. The maximum absolute atomic E-state index is 12.7. The fourth-order valence-corrected chi connectivity index (χ4v) is 3.25. The van der Waals surface area contributed by atoms with Gasteiger partial charge in [-0.1, -0.05) is 26.0 Å². The Balaban J connectivity index is 1.98. The minimum absolute atomic E-state index is 0.00314. The van der Waals surface area contributed by atoms with E-state index in [1.54, 1.807) is 4.90 Å². The van der Waals surface area contributed by atoms with E-state index in [0.717, 1.165) is 32.5 Å². The highest BCUT2D eigenvalue weighted by molar-refractivity contribution is 5.94. The molecule has 0 aliphatic carbocycles. The SMILES string of the molecule is CCOC(=O)C1CCCN(C(=O)c2ccc(CN(CC)CC)cc2)C1. The van der Waals surface area contributed by atoms with Gasteiger partial charge in [-0.05, 0) is 50.6 Å². The number of ether oxygens (including phenoxy) is 1. The average Bonchev–Trinajstić information content (AvgIpc) is 2.66. The highest BCUT2D eigenvalue weighted by atomic mass is 16.5. The van der Waals surface area contributed by atoms with E-state index < -0.39 is 0 Å². The predicted molar refractivity (Wildman–Crippen MR) is 98.3 cm³/mol. The fraction of sp³-hybridized carbons (Fsp3) is 0.600. The summed E-state index contributed by atoms with van der Waals surface area (Å²) in [6.07, 6.45) is 1.64. The largest absolute Gasteiger partial charge is 0.466 e. The van der Waals surface area contributed by atoms with Crippen LogP contribution in [-0.2, 0) is 16.1 Å². The Labute approximate surface area is 150 Å². The van der Waals surface area contributed by atoms with E-state index in [-0.39, 0.29) is 17.8 Å². The number of amides is 1. The van der Waals surface area contributed by atoms with Crippen molar-refractivity contribution in [1.82, 2.24) is 9.80 Å². The van der Waals surface area contributed by atoms with Crippen molar-refractivity contribution in [3.63, 3.8) is 0 Å². The van der Waals surface area contributed by atoms with Crippen molar-refractivity contribution in [1.29, 1.82) is 0 Å². The van der Waals surface area contributed by atoms with Gasteiger partial charge in [0, 0.05) is 25.2 Å². The molecule has 0 bridgehead atoms. The lowest BCUT2D eigenvalue weighted by molar-refractivity contribution is -0.149. The van der Waals surface area contributed by atoms with Crippen LogP contribution in [-0.4, -0.2) is 54.5 Å². The van der Waals surface area contributed by atoms with Gasteiger partial charge in [-0.25, -0.2) is 0 Å². The monoisotopic (exact) mass is 346 g/mol. The van der Waals surface area contributed by atoms with Crippen molar-refractivity contribution < 1.29 is 14.3 Å². The quantitative estimate of drug-likeness (QED) is 0.712. The van der Waals surface area contributed by atoms with Gasteiger partial charge in [-0.3, -0.25) is 14.5 Å². The second-order valence-electron chi connectivity index (χ2n) is 6.50. The summed E-state index contributed by atoms with van der Waals surface area (Å²) >= 11 is 0. The minimum atomic E-state index is -0.195. The molecule has 5 nitrogen and oxygen atoms in total. The van der Waals surface area contributed by atoms with Crippen LogP contribution >= 0.6 is 0 Å². The molecule has 2 rings (SSSR count). The average molecular weight is 346 g/mol. The lowest BCUT2D eigenvalue weighted by atomic mass is 9.97. The highest BCUT2D eigenvalue weighted by Crippen LogP contribution is 2.20. The van der Waals surface area contributed by atoms with Crippen LogP contribution in [0.3, 0.4) is 0 Å². The number of carbonyl (C=O) groups excluding carboxylic acids is 2. The zero-order valence-corrected chi connectivity index (χ0v) is 15.7. The van der Waals surface area contributed by atoms with E-state index in [4.69, 9.17) is 4.74 Å². The molecule has 1 amide bonds. The summed E-state index contributed by atoms with van der Waals surface area (Å²) in [6, 6.07) is 7.85. The van der Waals surface area contributed by atoms with Gasteiger partial charge in [0.1, 0.15) is 0 Å². The summed E-state index contributed by atoms with van der Waals surface area (Å²) in [5, 5.41) is 0. The zero-order valence-electron chi connectivity index (χ0n) is 15.7. The van der Waals surface area contributed by atoms with Gasteiger partial charge in [-0.2, -0.15) is 0 Å². The van der Waals surface area contributed by atoms with E-state index in [1.807, 2.05) is 31.2 Å². The Kier molecular flexibility index (Phi) is 7.44. The van der Waals surface area contributed by atoms with Crippen LogP contribution in [0.25, 0.3) is 0 Å². The molecule has 1 unspecified atom stereocenters. The second-order valence-corrected chi connectivity index (χ2v) is 6.50. The Bertz CT molecular complexity index is 567. The van der Waals surface area contributed by atoms with Crippen molar-refractivity contribution in [3.8, 4) is 0 Å². The molecule has 0 aromatic heterocycles. The van der Waals surface area contributed by atoms with Crippen LogP contribution in [0, 0.1) is 5.92 Å². The van der Waals surface area contributed by atoms with Crippen molar-refractivity contribution in [2.75, 3.05) is 32.8 Å². The third kappa shape index (κ3) is 5.30. The first-order valence-corrected chi connectivity index (χ1v) is 9.36. The zero-order chi connectivity index (χ0) is 18.2. The lowest BCUT2D eigenvalue weighted by Gasteiger charge is -2.31. The molecule has 0 saturated carbocycles. The van der Waals surface area contributed by atoms with Gasteiger partial charge in [-0.15, -0.1) is 0 Å². The first-order chi connectivity index (χ1) is 12.1. The molecule has 1 aromatic carbocycles. The Morgan fingerprint density at radius 3 is 2.44 bits per heavy atom. The van der Waals surface area contributed by atoms with Crippen molar-refractivity contribution >= 4 is 11.9 Å². The van der Waals surface area contributed by atoms with E-state index in [9.17, 15) is 9.59 Å². The maximum atomic E-state index is 12.7. The van der Waals surface area contributed by atoms with Gasteiger partial charge in [0.25, 0.3) is 5.91 Å². The molecule has 1 aliphatic heterocycles. The fourth-order valence-electron chi connectivity index (χ4n) is 3.25. The molecular weight excluding hydrogens is 316 g/mol. The first kappa shape index (κ1) is 19.4. The van der Waals surface area contributed by atoms with Gasteiger partial charge < -0.3 is 9.64 Å². The molecule has 1 aliphatic rings. The predicted octanol–water partition coefficient (Wildman–Crippen LogP) is 2.94. The number of esters is 1. The third-order valence-corrected chi connectivity index (χ3v) is 4.83. The Morgan fingerprint density at radius 2 is 1.84 bits per heavy atom. The number of benzene rings is 1. The smallest absolute Gasteiger partial charge is 0.310 e. The van der Waals surface area contributed by atoms with E-state index in [2.05, 4.69) is 18.7 Å². The van der Waals surface area contributed by atoms with Crippen molar-refractivity contribution in [3.05, 3.63) is 35.4 Å². The molecule has 0 radical (unpaired) electrons. The molecule has 1 aromatic rings. The molecule has 25 heavy (non-hydrogen) atoms. The van der Waals surface area contributed by atoms with Crippen LogP contribution in [0.2, 0.25) is 0 Å². The van der Waals surface area contributed by atoms with E-state index in [1.165, 1.54) is 5.56 Å². The first-order valence-electron chi connectivity index (χ1n) is 9.36. The Morgan fingerprint density at radius 1 is 1.16 bits per heavy atom. The summed E-state index contributed by atoms with van der Waals surface area (Å²) in [7, 11) is 0. The van der Waals surface area contributed by atoms with Crippen LogP contribution in [0.1, 0.15) is 49.5 Å². The van der Waals surface area contributed by atoms with Crippen molar-refractivity contribution in [2.45, 2.75) is 40.2 Å². The number of carbonyl (C=O) groups is 2. The number of hydrogen-bond donors (Lipinski definition) is 0. The molecule has 1 heterocycles. The van der Waals surface area contributed by atoms with Crippen LogP contribution in [0.5, 0.6) is 0 Å². The van der Waals surface area contributed by atoms with E-state index in [0.29, 0.717) is 25.3 Å². The summed E-state index contributed by atoms with van der Waals surface area (Å²) in [4.78, 5) is 28.8. The van der Waals surface area contributed by atoms with Gasteiger partial charge in [0.05, 0.1) is 12.5 Å². The molecule has 0 spiro atoms. The second kappa shape index (κ2) is 9.56. The van der Waals surface area contributed by atoms with E-state index >= 15 is 0 Å². The van der Waals surface area contributed by atoms with Gasteiger partial charge in [0.15, 0.2) is 0 Å². The topological polar surface area (TPSA) is 49.9 Å². The highest BCUT2D eigenvalue weighted by Gasteiger charge is 2.29. The van der Waals surface area contributed by atoms with Crippen LogP contribution < -0.4 is 0 Å². The molecule has 5 heteroatoms. The number of likely N-dealkylation sites (tertiary alicyclic amines) is 1. The maximum Gasteiger partial charge on any atom is 0.310 e. The Hall–Kier alpha value is -1.88. The summed E-state index contributed by atoms with van der Waals surface area (Å²) in [6.45, 7) is 10.6. The summed E-state index contributed by atoms with van der Waals surface area (Å²) in [5.74, 6) is -0.377. The normalized spacial score (nSPS) is 17.6. The van der Waals surface area contributed by atoms with Crippen molar-refractivity contribution in [2.24, 2.45) is 5.92 Å². The number of piperidine rings is 1. The number of hydrogen-bond acceptors (Lipinski definition) is 4. The van der Waals surface area contributed by atoms with Gasteiger partial charge >= 0.3 is 5.97 Å². The molecule has 1 atom stereocenters. The third-order valence-electron chi connectivity index (χ3n) is 4.83. The number of nitrogens with zero attached hydrogens (tertiary/aromatic N) is 2. The molecule has 0 N–H and O–H groups in total. The standard InChI is InChI=1S/C20H30N2O3/c1-4-21(5-2)14-16-9-11-17(12-10-16)19(23)22-13-7-8-18(15-22)20(24)25-6-3/h9-12,18H,4-8,13-15H2,1-3H3. The summed E-state index contributed by atoms with van der Waals surface area (Å²) < 4.78 is 5.11. The minimum Gasteiger partial charge on any atom is -0.466 e. The molecule has 1 saturated heterocycles. The molecular formula is C20H30N2O3. The van der Waals surface area contributed by atoms with Crippen LogP contribution in [0.15, 0.2) is 24.3 Å². The molecule has 1 fully saturated rings. The number of rotatable bonds is 7. The summed E-state index contributed by atoms with van der Waals surface area (Å²) in [5.41, 5.74) is 1.90. The molecule has 138 valence electrons. The van der Waals surface area contributed by atoms with Gasteiger partial charge in [0.2, 0.25) is 0 Å². The van der Waals surface area contributed by atoms with Crippen LogP contribution in [0.4, 0.5) is 0 Å².